The number of nitrogens with one attached hydrogen (secondary N) is 2. The van der Waals surface area contributed by atoms with Crippen molar-refractivity contribution >= 4 is 33.3 Å². The first-order valence-corrected chi connectivity index (χ1v) is 10.2. The smallest absolute Gasteiger partial charge is 0.322 e. The number of benzene rings is 1. The van der Waals surface area contributed by atoms with Crippen LogP contribution in [-0.2, 0) is 14.8 Å². The summed E-state index contributed by atoms with van der Waals surface area (Å²) in [6.45, 7) is 6.26. The van der Waals surface area contributed by atoms with Crippen molar-refractivity contribution in [3.8, 4) is 0 Å². The quantitative estimate of drug-likeness (QED) is 0.834. The van der Waals surface area contributed by atoms with Crippen LogP contribution in [0.1, 0.15) is 33.6 Å². The van der Waals surface area contributed by atoms with Crippen LogP contribution in [0.3, 0.4) is 0 Å². The number of hydrogen-bond donors (Lipinski definition) is 2. The van der Waals surface area contributed by atoms with Crippen LogP contribution in [0.15, 0.2) is 23.1 Å². The lowest BCUT2D eigenvalue weighted by Crippen LogP contribution is -2.54. The van der Waals surface area contributed by atoms with Crippen molar-refractivity contribution in [2.75, 3.05) is 23.3 Å². The van der Waals surface area contributed by atoms with Crippen molar-refractivity contribution in [1.29, 1.82) is 0 Å². The second kappa shape index (κ2) is 6.88. The highest BCUT2D eigenvalue weighted by molar-refractivity contribution is 7.89. The van der Waals surface area contributed by atoms with Crippen molar-refractivity contribution in [2.45, 2.75) is 50.6 Å². The predicted molar refractivity (Wildman–Crippen MR) is 98.7 cm³/mol. The van der Waals surface area contributed by atoms with Gasteiger partial charge in [-0.3, -0.25) is 9.69 Å². The largest absolute Gasteiger partial charge is 0.335 e. The van der Waals surface area contributed by atoms with Gasteiger partial charge in [-0.15, -0.1) is 0 Å². The van der Waals surface area contributed by atoms with Gasteiger partial charge in [0.25, 0.3) is 0 Å². The van der Waals surface area contributed by atoms with Gasteiger partial charge in [0.1, 0.15) is 6.04 Å². The predicted octanol–water partition coefficient (Wildman–Crippen LogP) is 1.74. The van der Waals surface area contributed by atoms with E-state index in [1.165, 1.54) is 27.4 Å². The van der Waals surface area contributed by atoms with Gasteiger partial charge in [-0.2, -0.15) is 4.31 Å². The molecule has 0 saturated carbocycles. The monoisotopic (exact) mass is 380 g/mol. The Morgan fingerprint density at radius 1 is 1.27 bits per heavy atom. The minimum absolute atomic E-state index is 0.111. The highest BCUT2D eigenvalue weighted by Gasteiger charge is 2.36. The van der Waals surface area contributed by atoms with E-state index in [-0.39, 0.29) is 16.8 Å². The van der Waals surface area contributed by atoms with Crippen molar-refractivity contribution < 1.29 is 18.0 Å². The molecule has 2 heterocycles. The van der Waals surface area contributed by atoms with E-state index in [4.69, 9.17) is 0 Å². The summed E-state index contributed by atoms with van der Waals surface area (Å²) in [6, 6.07) is 3.20. The number of hydrogen-bond acceptors (Lipinski definition) is 4. The second-order valence-corrected chi connectivity index (χ2v) is 8.87. The third-order valence-electron chi connectivity index (χ3n) is 4.59. The van der Waals surface area contributed by atoms with Crippen molar-refractivity contribution in [1.82, 2.24) is 9.62 Å². The highest BCUT2D eigenvalue weighted by atomic mass is 32.2. The molecule has 0 aliphatic carbocycles. The molecule has 0 spiro atoms. The molecule has 2 N–H and O–H groups in total. The van der Waals surface area contributed by atoms with Crippen LogP contribution >= 0.6 is 0 Å². The average molecular weight is 380 g/mol. The van der Waals surface area contributed by atoms with Gasteiger partial charge >= 0.3 is 6.03 Å². The second-order valence-electron chi connectivity index (χ2n) is 6.93. The van der Waals surface area contributed by atoms with Crippen LogP contribution in [0.25, 0.3) is 0 Å². The molecule has 1 aromatic rings. The van der Waals surface area contributed by atoms with Gasteiger partial charge in [-0.05, 0) is 51.8 Å². The SMILES string of the molecule is CC(C)NC(=O)N1c2cc(S(=O)(=O)N3CCCC3)ccc2NC(=O)C1C. The molecule has 2 aliphatic heterocycles. The van der Waals surface area contributed by atoms with E-state index < -0.39 is 22.1 Å². The normalized spacial score (nSPS) is 20.8. The number of nitrogens with zero attached hydrogens (tertiary/aromatic N) is 2. The van der Waals surface area contributed by atoms with Gasteiger partial charge in [0, 0.05) is 19.1 Å². The Morgan fingerprint density at radius 3 is 2.54 bits per heavy atom. The Bertz CT molecular complexity index is 831. The van der Waals surface area contributed by atoms with E-state index in [2.05, 4.69) is 10.6 Å². The minimum atomic E-state index is -3.61. The fourth-order valence-corrected chi connectivity index (χ4v) is 4.76. The standard InChI is InChI=1S/C17H24N4O4S/c1-11(2)18-17(23)21-12(3)16(22)19-14-7-6-13(10-15(14)21)26(24,25)20-8-4-5-9-20/h6-7,10-12H,4-5,8-9H2,1-3H3,(H,18,23)(H,19,22). The fraction of sp³-hybridized carbons (Fsp3) is 0.529. The number of sulfonamides is 1. The summed E-state index contributed by atoms with van der Waals surface area (Å²) in [5.41, 5.74) is 0.808. The molecule has 8 nitrogen and oxygen atoms in total. The summed E-state index contributed by atoms with van der Waals surface area (Å²) >= 11 is 0. The number of carbonyl (C=O) groups is 2. The summed E-state index contributed by atoms with van der Waals surface area (Å²) < 4.78 is 27.1. The number of anilines is 2. The molecule has 26 heavy (non-hydrogen) atoms. The first-order valence-electron chi connectivity index (χ1n) is 8.76. The van der Waals surface area contributed by atoms with Crippen LogP contribution in [0.5, 0.6) is 0 Å². The maximum Gasteiger partial charge on any atom is 0.322 e. The van der Waals surface area contributed by atoms with E-state index in [0.29, 0.717) is 24.5 Å². The van der Waals surface area contributed by atoms with Crippen molar-refractivity contribution in [2.24, 2.45) is 0 Å². The van der Waals surface area contributed by atoms with Crippen LogP contribution in [0.2, 0.25) is 0 Å². The Balaban J connectivity index is 2.04. The molecule has 1 atom stereocenters. The number of urea groups is 1. The molecule has 0 aromatic heterocycles. The minimum Gasteiger partial charge on any atom is -0.335 e. The first kappa shape index (κ1) is 18.7. The molecule has 1 aromatic carbocycles. The van der Waals surface area contributed by atoms with Crippen LogP contribution in [0.4, 0.5) is 16.2 Å². The van der Waals surface area contributed by atoms with Crippen LogP contribution in [0, 0.1) is 0 Å². The van der Waals surface area contributed by atoms with Gasteiger partial charge in [0.05, 0.1) is 16.3 Å². The van der Waals surface area contributed by atoms with Gasteiger partial charge in [0.2, 0.25) is 15.9 Å². The number of rotatable bonds is 3. The first-order chi connectivity index (χ1) is 12.2. The van der Waals surface area contributed by atoms with E-state index in [1.54, 1.807) is 6.92 Å². The van der Waals surface area contributed by atoms with E-state index >= 15 is 0 Å². The number of amides is 3. The third-order valence-corrected chi connectivity index (χ3v) is 6.48. The average Bonchev–Trinajstić information content (AvgIpc) is 3.10. The topological polar surface area (TPSA) is 98.8 Å². The Morgan fingerprint density at radius 2 is 1.92 bits per heavy atom. The van der Waals surface area contributed by atoms with Crippen LogP contribution in [-0.4, -0.2) is 49.8 Å². The molecule has 0 radical (unpaired) electrons. The zero-order valence-electron chi connectivity index (χ0n) is 15.2. The molecule has 0 bridgehead atoms. The molecular formula is C17H24N4O4S. The van der Waals surface area contributed by atoms with E-state index in [0.717, 1.165) is 12.8 Å². The molecular weight excluding hydrogens is 356 g/mol. The van der Waals surface area contributed by atoms with Crippen molar-refractivity contribution in [3.63, 3.8) is 0 Å². The summed E-state index contributed by atoms with van der Waals surface area (Å²) in [6.07, 6.45) is 1.69. The summed E-state index contributed by atoms with van der Waals surface area (Å²) in [5, 5.41) is 5.49. The Kier molecular flexibility index (Phi) is 4.94. The zero-order valence-corrected chi connectivity index (χ0v) is 16.0. The maximum atomic E-state index is 12.8. The molecule has 142 valence electrons. The van der Waals surface area contributed by atoms with Gasteiger partial charge in [-0.1, -0.05) is 0 Å². The summed E-state index contributed by atoms with van der Waals surface area (Å²) in [7, 11) is -3.61. The van der Waals surface area contributed by atoms with Gasteiger partial charge in [0.15, 0.2) is 0 Å². The maximum absolute atomic E-state index is 12.8. The van der Waals surface area contributed by atoms with E-state index in [9.17, 15) is 18.0 Å². The third kappa shape index (κ3) is 3.28. The van der Waals surface area contributed by atoms with Crippen LogP contribution < -0.4 is 15.5 Å². The number of carbonyl (C=O) groups excluding carboxylic acids is 2. The molecule has 3 rings (SSSR count). The van der Waals surface area contributed by atoms with E-state index in [1.807, 2.05) is 13.8 Å². The molecule has 1 saturated heterocycles. The summed E-state index contributed by atoms with van der Waals surface area (Å²) in [5.74, 6) is -0.313. The molecule has 1 fully saturated rings. The summed E-state index contributed by atoms with van der Waals surface area (Å²) in [4.78, 5) is 26.3. The Labute approximate surface area is 153 Å². The van der Waals surface area contributed by atoms with Crippen molar-refractivity contribution in [3.05, 3.63) is 18.2 Å². The van der Waals surface area contributed by atoms with Gasteiger partial charge in [-0.25, -0.2) is 13.2 Å². The zero-order chi connectivity index (χ0) is 19.1. The molecule has 9 heteroatoms. The van der Waals surface area contributed by atoms with Gasteiger partial charge < -0.3 is 10.6 Å². The lowest BCUT2D eigenvalue weighted by molar-refractivity contribution is -0.117. The fourth-order valence-electron chi connectivity index (χ4n) is 3.22. The lowest BCUT2D eigenvalue weighted by atomic mass is 10.1. The molecule has 2 aliphatic rings. The Hall–Kier alpha value is -2.13. The molecule has 3 amide bonds. The molecule has 1 unspecified atom stereocenters. The highest BCUT2D eigenvalue weighted by Crippen LogP contribution is 2.35. The number of fused-ring (bicyclic) bond motifs is 1. The lowest BCUT2D eigenvalue weighted by Gasteiger charge is -2.35.